The van der Waals surface area contributed by atoms with E-state index in [1.54, 1.807) is 18.2 Å². The van der Waals surface area contributed by atoms with Crippen LogP contribution in [0.4, 0.5) is 0 Å². The molecule has 0 aromatic heterocycles. The standard InChI is InChI=1S/C22H31N3O6S/c26-21(27)19-9-16-8-14(6-7-15(16)11-23-19)12-25-13-17(10-20(25)22(28)29)24-32(30,31)18-4-2-1-3-5-18/h1-5,14-17,19-20,23-24H,6-13H2,(H,26,27)(H,28,29)/t14-,15-,16+,17-,19-,20-/m0/s1. The smallest absolute Gasteiger partial charge is 0.320 e. The van der Waals surface area contributed by atoms with Crippen LogP contribution in [0, 0.1) is 17.8 Å². The predicted molar refractivity (Wildman–Crippen MR) is 117 cm³/mol. The third-order valence-electron chi connectivity index (χ3n) is 7.27. The number of hydrogen-bond donors (Lipinski definition) is 4. The fraction of sp³-hybridized carbons (Fsp3) is 0.636. The van der Waals surface area contributed by atoms with E-state index in [1.165, 1.54) is 12.1 Å². The first-order valence-electron chi connectivity index (χ1n) is 11.2. The van der Waals surface area contributed by atoms with Crippen LogP contribution in [-0.4, -0.2) is 73.2 Å². The van der Waals surface area contributed by atoms with Crippen LogP contribution in [0.2, 0.25) is 0 Å². The highest BCUT2D eigenvalue weighted by Crippen LogP contribution is 2.39. The Hall–Kier alpha value is -2.01. The van der Waals surface area contributed by atoms with Crippen molar-refractivity contribution < 1.29 is 28.2 Å². The molecule has 6 atom stereocenters. The highest BCUT2D eigenvalue weighted by atomic mass is 32.2. The molecule has 4 rings (SSSR count). The Labute approximate surface area is 188 Å². The van der Waals surface area contributed by atoms with Gasteiger partial charge in [0.2, 0.25) is 10.0 Å². The third-order valence-corrected chi connectivity index (χ3v) is 8.80. The zero-order valence-electron chi connectivity index (χ0n) is 17.9. The lowest BCUT2D eigenvalue weighted by atomic mass is 9.69. The Morgan fingerprint density at radius 1 is 1.03 bits per heavy atom. The van der Waals surface area contributed by atoms with Gasteiger partial charge in [-0.1, -0.05) is 18.2 Å². The first-order valence-corrected chi connectivity index (χ1v) is 12.7. The van der Waals surface area contributed by atoms with Crippen LogP contribution in [0.1, 0.15) is 32.1 Å². The predicted octanol–water partition coefficient (Wildman–Crippen LogP) is 0.971. The van der Waals surface area contributed by atoms with Crippen molar-refractivity contribution in [3.63, 3.8) is 0 Å². The molecule has 1 aromatic rings. The average molecular weight is 466 g/mol. The fourth-order valence-electron chi connectivity index (χ4n) is 5.68. The summed E-state index contributed by atoms with van der Waals surface area (Å²) in [5.74, 6) is -0.664. The molecule has 2 heterocycles. The first-order chi connectivity index (χ1) is 15.2. The molecule has 0 bridgehead atoms. The number of nitrogens with one attached hydrogen (secondary N) is 2. The van der Waals surface area contributed by atoms with Crippen molar-refractivity contribution in [2.75, 3.05) is 19.6 Å². The second-order valence-corrected chi connectivity index (χ2v) is 11.1. The number of benzene rings is 1. The lowest BCUT2D eigenvalue weighted by molar-refractivity contribution is -0.143. The van der Waals surface area contributed by atoms with Crippen molar-refractivity contribution in [1.82, 2.24) is 14.9 Å². The molecule has 0 unspecified atom stereocenters. The van der Waals surface area contributed by atoms with E-state index >= 15 is 0 Å². The number of fused-ring (bicyclic) bond motifs is 1. The molecule has 1 aliphatic carbocycles. The van der Waals surface area contributed by atoms with Gasteiger partial charge in [-0.05, 0) is 68.5 Å². The fourth-order valence-corrected chi connectivity index (χ4v) is 6.94. The molecule has 1 saturated carbocycles. The van der Waals surface area contributed by atoms with Gasteiger partial charge in [0, 0.05) is 19.1 Å². The largest absolute Gasteiger partial charge is 0.480 e. The summed E-state index contributed by atoms with van der Waals surface area (Å²) in [5, 5.41) is 22.2. The monoisotopic (exact) mass is 465 g/mol. The van der Waals surface area contributed by atoms with Crippen LogP contribution in [0.5, 0.6) is 0 Å². The van der Waals surface area contributed by atoms with Crippen LogP contribution in [0.15, 0.2) is 35.2 Å². The third kappa shape index (κ3) is 5.14. The molecule has 1 aromatic carbocycles. The number of carboxylic acids is 2. The Balaban J connectivity index is 1.38. The Bertz CT molecular complexity index is 940. The quantitative estimate of drug-likeness (QED) is 0.468. The molecule has 4 N–H and O–H groups in total. The van der Waals surface area contributed by atoms with Crippen molar-refractivity contribution in [3.05, 3.63) is 30.3 Å². The number of hydrogen-bond acceptors (Lipinski definition) is 6. The number of carboxylic acid groups (broad SMARTS) is 2. The van der Waals surface area contributed by atoms with E-state index < -0.39 is 40.1 Å². The van der Waals surface area contributed by atoms with Gasteiger partial charge in [0.15, 0.2) is 0 Å². The van der Waals surface area contributed by atoms with Crippen molar-refractivity contribution in [1.29, 1.82) is 0 Å². The van der Waals surface area contributed by atoms with E-state index in [4.69, 9.17) is 0 Å². The van der Waals surface area contributed by atoms with E-state index in [0.717, 1.165) is 25.8 Å². The maximum absolute atomic E-state index is 12.7. The van der Waals surface area contributed by atoms with Crippen molar-refractivity contribution in [2.24, 2.45) is 17.8 Å². The van der Waals surface area contributed by atoms with Crippen molar-refractivity contribution in [2.45, 2.75) is 55.1 Å². The number of aliphatic carboxylic acids is 2. The lowest BCUT2D eigenvalue weighted by Crippen LogP contribution is -2.50. The highest BCUT2D eigenvalue weighted by Gasteiger charge is 2.42. The van der Waals surface area contributed by atoms with Gasteiger partial charge >= 0.3 is 11.9 Å². The van der Waals surface area contributed by atoms with Crippen molar-refractivity contribution >= 4 is 22.0 Å². The van der Waals surface area contributed by atoms with E-state index in [-0.39, 0.29) is 17.2 Å². The molecule has 2 saturated heterocycles. The van der Waals surface area contributed by atoms with Crippen LogP contribution in [-0.2, 0) is 19.6 Å². The number of likely N-dealkylation sites (tertiary alicyclic amines) is 1. The van der Waals surface area contributed by atoms with E-state index in [0.29, 0.717) is 31.3 Å². The van der Waals surface area contributed by atoms with Gasteiger partial charge in [0.1, 0.15) is 12.1 Å². The van der Waals surface area contributed by atoms with E-state index in [1.807, 2.05) is 4.90 Å². The van der Waals surface area contributed by atoms with Gasteiger partial charge in [0.05, 0.1) is 4.90 Å². The number of rotatable bonds is 7. The number of carbonyl (C=O) groups is 2. The molecule has 10 heteroatoms. The number of piperidine rings is 1. The molecular formula is C22H31N3O6S. The van der Waals surface area contributed by atoms with Crippen LogP contribution in [0.25, 0.3) is 0 Å². The molecule has 32 heavy (non-hydrogen) atoms. The summed E-state index contributed by atoms with van der Waals surface area (Å²) in [7, 11) is -3.71. The normalized spacial score (nSPS) is 33.5. The van der Waals surface area contributed by atoms with Crippen LogP contribution < -0.4 is 10.0 Å². The van der Waals surface area contributed by atoms with Crippen LogP contribution >= 0.6 is 0 Å². The minimum absolute atomic E-state index is 0.169. The van der Waals surface area contributed by atoms with Gasteiger partial charge in [-0.25, -0.2) is 13.1 Å². The Morgan fingerprint density at radius 2 is 1.78 bits per heavy atom. The summed E-state index contributed by atoms with van der Waals surface area (Å²) in [5.41, 5.74) is 0. The summed E-state index contributed by atoms with van der Waals surface area (Å²) in [6.45, 7) is 1.67. The molecule has 3 aliphatic rings. The summed E-state index contributed by atoms with van der Waals surface area (Å²) in [6, 6.07) is 6.39. The zero-order valence-corrected chi connectivity index (χ0v) is 18.7. The van der Waals surface area contributed by atoms with Gasteiger partial charge in [-0.2, -0.15) is 0 Å². The molecular weight excluding hydrogens is 434 g/mol. The Morgan fingerprint density at radius 3 is 2.47 bits per heavy atom. The van der Waals surface area contributed by atoms with Gasteiger partial charge in [-0.3, -0.25) is 14.5 Å². The molecule has 2 aliphatic heterocycles. The number of sulfonamides is 1. The number of nitrogens with zero attached hydrogens (tertiary/aromatic N) is 1. The van der Waals surface area contributed by atoms with E-state index in [9.17, 15) is 28.2 Å². The molecule has 9 nitrogen and oxygen atoms in total. The second kappa shape index (κ2) is 9.46. The second-order valence-electron chi connectivity index (χ2n) is 9.41. The average Bonchev–Trinajstić information content (AvgIpc) is 3.15. The molecule has 0 spiro atoms. The van der Waals surface area contributed by atoms with Gasteiger partial charge in [-0.15, -0.1) is 0 Å². The summed E-state index contributed by atoms with van der Waals surface area (Å²) >= 11 is 0. The molecule has 176 valence electrons. The summed E-state index contributed by atoms with van der Waals surface area (Å²) in [6.07, 6.45) is 3.71. The minimum Gasteiger partial charge on any atom is -0.480 e. The van der Waals surface area contributed by atoms with Gasteiger partial charge in [0.25, 0.3) is 0 Å². The highest BCUT2D eigenvalue weighted by molar-refractivity contribution is 7.89. The van der Waals surface area contributed by atoms with Gasteiger partial charge < -0.3 is 15.5 Å². The van der Waals surface area contributed by atoms with E-state index in [2.05, 4.69) is 10.0 Å². The molecule has 0 radical (unpaired) electrons. The molecule has 3 fully saturated rings. The maximum atomic E-state index is 12.7. The maximum Gasteiger partial charge on any atom is 0.320 e. The summed E-state index contributed by atoms with van der Waals surface area (Å²) < 4.78 is 28.0. The van der Waals surface area contributed by atoms with Crippen molar-refractivity contribution in [3.8, 4) is 0 Å². The minimum atomic E-state index is -3.71. The lowest BCUT2D eigenvalue weighted by Gasteiger charge is -2.42. The van der Waals surface area contributed by atoms with Crippen LogP contribution in [0.3, 0.4) is 0 Å². The summed E-state index contributed by atoms with van der Waals surface area (Å²) in [4.78, 5) is 25.3. The zero-order chi connectivity index (χ0) is 22.9. The molecule has 0 amide bonds. The SMILES string of the molecule is O=C(O)[C@@H]1C[C@H]2C[C@@H](CN3C[C@@H](NS(=O)(=O)c4ccccc4)C[C@H]3C(=O)O)CC[C@H]2CN1. The Kier molecular flexibility index (Phi) is 6.85. The topological polar surface area (TPSA) is 136 Å². The first kappa shape index (κ1) is 23.2.